The fourth-order valence-electron chi connectivity index (χ4n) is 2.69. The number of ether oxygens (including phenoxy) is 1. The summed E-state index contributed by atoms with van der Waals surface area (Å²) in [6.45, 7) is 3.18. The molecule has 0 saturated heterocycles. The lowest BCUT2D eigenvalue weighted by molar-refractivity contribution is -0.115. The first-order valence-corrected chi connectivity index (χ1v) is 10.0. The Hall–Kier alpha value is -1.64. The molecule has 25 heavy (non-hydrogen) atoms. The number of anilines is 2. The summed E-state index contributed by atoms with van der Waals surface area (Å²) >= 11 is 2.86. The summed E-state index contributed by atoms with van der Waals surface area (Å²) < 4.78 is 5.76. The van der Waals surface area contributed by atoms with Gasteiger partial charge >= 0.3 is 0 Å². The predicted octanol–water partition coefficient (Wildman–Crippen LogP) is 3.20. The quantitative estimate of drug-likeness (QED) is 0.543. The minimum absolute atomic E-state index is 0.0213. The van der Waals surface area contributed by atoms with E-state index in [1.54, 1.807) is 7.11 Å². The van der Waals surface area contributed by atoms with Crippen molar-refractivity contribution in [2.75, 3.05) is 30.9 Å². The van der Waals surface area contributed by atoms with Crippen LogP contribution in [-0.2, 0) is 22.4 Å². The number of aryl methyl sites for hydroxylation is 2. The number of carbonyl (C=O) groups excluding carboxylic acids is 1. The second-order valence-corrected chi connectivity index (χ2v) is 8.44. The van der Waals surface area contributed by atoms with Gasteiger partial charge in [0.2, 0.25) is 11.0 Å². The third-order valence-corrected chi connectivity index (χ3v) is 6.07. The van der Waals surface area contributed by atoms with E-state index in [9.17, 15) is 4.79 Å². The number of nitrogens with one attached hydrogen (secondary N) is 2. The van der Waals surface area contributed by atoms with Crippen molar-refractivity contribution < 1.29 is 9.53 Å². The summed E-state index contributed by atoms with van der Waals surface area (Å²) in [4.78, 5) is 12.4. The zero-order valence-electron chi connectivity index (χ0n) is 14.4. The van der Waals surface area contributed by atoms with Crippen molar-refractivity contribution >= 4 is 39.8 Å². The Kier molecular flexibility index (Phi) is 6.28. The Morgan fingerprint density at radius 3 is 3.04 bits per heavy atom. The average molecular weight is 379 g/mol. The number of hydrogen-bond donors (Lipinski definition) is 2. The van der Waals surface area contributed by atoms with Crippen LogP contribution >= 0.6 is 23.1 Å². The number of methoxy groups -OCH3 is 1. The van der Waals surface area contributed by atoms with E-state index in [1.165, 1.54) is 40.6 Å². The van der Waals surface area contributed by atoms with E-state index in [0.717, 1.165) is 28.0 Å². The summed E-state index contributed by atoms with van der Waals surface area (Å²) in [5.41, 5.74) is 3.63. The van der Waals surface area contributed by atoms with E-state index in [2.05, 4.69) is 33.0 Å². The van der Waals surface area contributed by atoms with Gasteiger partial charge in [-0.05, 0) is 49.4 Å². The minimum Gasteiger partial charge on any atom is -0.383 e. The molecule has 1 aliphatic rings. The monoisotopic (exact) mass is 378 g/mol. The van der Waals surface area contributed by atoms with Crippen LogP contribution in [0.25, 0.3) is 0 Å². The Balaban J connectivity index is 1.52. The van der Waals surface area contributed by atoms with Crippen LogP contribution in [0.5, 0.6) is 0 Å². The minimum atomic E-state index is -0.243. The van der Waals surface area contributed by atoms with Gasteiger partial charge in [0.1, 0.15) is 0 Å². The first-order chi connectivity index (χ1) is 12.2. The maximum Gasteiger partial charge on any atom is 0.237 e. The lowest BCUT2D eigenvalue weighted by atomic mass is 10.1. The highest BCUT2D eigenvalue weighted by Crippen LogP contribution is 2.30. The van der Waals surface area contributed by atoms with Crippen molar-refractivity contribution in [1.82, 2.24) is 10.2 Å². The number of thioether (sulfide) groups is 1. The van der Waals surface area contributed by atoms with E-state index in [1.807, 2.05) is 13.0 Å². The number of aromatic nitrogens is 2. The first-order valence-electron chi connectivity index (χ1n) is 8.31. The Morgan fingerprint density at radius 2 is 2.20 bits per heavy atom. The normalized spacial score (nSPS) is 14.2. The van der Waals surface area contributed by atoms with E-state index in [4.69, 9.17) is 4.74 Å². The van der Waals surface area contributed by atoms with Gasteiger partial charge in [-0.3, -0.25) is 4.79 Å². The molecule has 3 rings (SSSR count). The van der Waals surface area contributed by atoms with Gasteiger partial charge in [0.25, 0.3) is 0 Å². The molecule has 0 aliphatic heterocycles. The summed E-state index contributed by atoms with van der Waals surface area (Å²) in [5.74, 6) is -0.0213. The van der Waals surface area contributed by atoms with Crippen LogP contribution in [0.4, 0.5) is 10.8 Å². The van der Waals surface area contributed by atoms with Gasteiger partial charge in [-0.25, -0.2) is 0 Å². The molecular weight excluding hydrogens is 356 g/mol. The molecule has 0 bridgehead atoms. The second-order valence-electron chi connectivity index (χ2n) is 5.88. The van der Waals surface area contributed by atoms with Gasteiger partial charge < -0.3 is 15.4 Å². The van der Waals surface area contributed by atoms with E-state index in [0.29, 0.717) is 13.2 Å². The van der Waals surface area contributed by atoms with Gasteiger partial charge in [-0.15, -0.1) is 10.2 Å². The predicted molar refractivity (Wildman–Crippen MR) is 103 cm³/mol. The Morgan fingerprint density at radius 1 is 1.36 bits per heavy atom. The van der Waals surface area contributed by atoms with Gasteiger partial charge in [0, 0.05) is 19.3 Å². The number of hydrogen-bond acceptors (Lipinski definition) is 7. The van der Waals surface area contributed by atoms with Gasteiger partial charge in [-0.1, -0.05) is 29.2 Å². The number of benzene rings is 1. The number of amides is 1. The zero-order chi connectivity index (χ0) is 17.6. The zero-order valence-corrected chi connectivity index (χ0v) is 16.0. The second kappa shape index (κ2) is 8.64. The van der Waals surface area contributed by atoms with Gasteiger partial charge in [0.15, 0.2) is 4.34 Å². The summed E-state index contributed by atoms with van der Waals surface area (Å²) in [6, 6.07) is 6.21. The van der Waals surface area contributed by atoms with Crippen LogP contribution in [0.15, 0.2) is 22.5 Å². The molecule has 6 nitrogen and oxygen atoms in total. The molecule has 1 aromatic carbocycles. The number of carbonyl (C=O) groups is 1. The molecule has 8 heteroatoms. The largest absolute Gasteiger partial charge is 0.383 e. The van der Waals surface area contributed by atoms with Crippen molar-refractivity contribution in [3.63, 3.8) is 0 Å². The summed E-state index contributed by atoms with van der Waals surface area (Å²) in [7, 11) is 1.66. The summed E-state index contributed by atoms with van der Waals surface area (Å²) in [6.07, 6.45) is 3.46. The fourth-order valence-corrected chi connectivity index (χ4v) is 4.61. The Labute approximate surface area is 155 Å². The lowest BCUT2D eigenvalue weighted by Gasteiger charge is -2.11. The maximum absolute atomic E-state index is 12.4. The fraction of sp³-hybridized carbons (Fsp3) is 0.471. The average Bonchev–Trinajstić information content (AvgIpc) is 3.24. The molecule has 2 N–H and O–H groups in total. The van der Waals surface area contributed by atoms with Crippen molar-refractivity contribution in [3.05, 3.63) is 29.3 Å². The first kappa shape index (κ1) is 18.2. The van der Waals surface area contributed by atoms with E-state index < -0.39 is 0 Å². The smallest absolute Gasteiger partial charge is 0.237 e. The molecule has 0 saturated carbocycles. The number of rotatable bonds is 8. The third kappa shape index (κ3) is 4.93. The van der Waals surface area contributed by atoms with E-state index >= 15 is 0 Å². The third-order valence-electron chi connectivity index (χ3n) is 4.00. The van der Waals surface area contributed by atoms with Gasteiger partial charge in [0.05, 0.1) is 11.9 Å². The molecule has 0 unspecified atom stereocenters. The van der Waals surface area contributed by atoms with Crippen LogP contribution in [0.2, 0.25) is 0 Å². The molecule has 0 spiro atoms. The van der Waals surface area contributed by atoms with Crippen LogP contribution in [0.3, 0.4) is 0 Å². The van der Waals surface area contributed by atoms with E-state index in [-0.39, 0.29) is 11.2 Å². The Bertz CT molecular complexity index is 735. The molecule has 1 amide bonds. The van der Waals surface area contributed by atoms with Crippen LogP contribution < -0.4 is 10.6 Å². The standard InChI is InChI=1S/C17H22N4O2S2/c1-11(24-17-21-20-16(25-17)18-8-9-23-2)15(22)19-14-7-6-12-4-3-5-13(12)10-14/h6-7,10-11H,3-5,8-9H2,1-2H3,(H,18,20)(H,19,22)/t11-/m0/s1. The highest BCUT2D eigenvalue weighted by Gasteiger charge is 2.18. The van der Waals surface area contributed by atoms with Crippen LogP contribution in [0, 0.1) is 0 Å². The molecule has 1 aromatic heterocycles. The molecule has 1 aliphatic carbocycles. The van der Waals surface area contributed by atoms with Crippen molar-refractivity contribution in [1.29, 1.82) is 0 Å². The highest BCUT2D eigenvalue weighted by atomic mass is 32.2. The number of fused-ring (bicyclic) bond motifs is 1. The molecule has 0 radical (unpaired) electrons. The van der Waals surface area contributed by atoms with Crippen LogP contribution in [0.1, 0.15) is 24.5 Å². The van der Waals surface area contributed by atoms with Gasteiger partial charge in [-0.2, -0.15) is 0 Å². The maximum atomic E-state index is 12.4. The number of nitrogens with zero attached hydrogens (tertiary/aromatic N) is 2. The SMILES string of the molecule is COCCNc1nnc(S[C@@H](C)C(=O)Nc2ccc3c(c2)CCC3)s1. The van der Waals surface area contributed by atoms with Crippen molar-refractivity contribution in [3.8, 4) is 0 Å². The molecule has 1 heterocycles. The highest BCUT2D eigenvalue weighted by molar-refractivity contribution is 8.02. The lowest BCUT2D eigenvalue weighted by Crippen LogP contribution is -2.22. The molecule has 134 valence electrons. The molecule has 0 fully saturated rings. The topological polar surface area (TPSA) is 76.1 Å². The van der Waals surface area contributed by atoms with Crippen molar-refractivity contribution in [2.24, 2.45) is 0 Å². The molecule has 2 aromatic rings. The van der Waals surface area contributed by atoms with Crippen LogP contribution in [-0.4, -0.2) is 41.6 Å². The molecular formula is C17H22N4O2S2. The summed E-state index contributed by atoms with van der Waals surface area (Å²) in [5, 5.41) is 14.8. The van der Waals surface area contributed by atoms with Crippen molar-refractivity contribution in [2.45, 2.75) is 35.8 Å². The molecule has 1 atom stereocenters.